The fraction of sp³-hybridized carbons (Fsp3) is 0.263. The zero-order valence-electron chi connectivity index (χ0n) is 13.5. The van der Waals surface area contributed by atoms with Crippen molar-refractivity contribution in [2.45, 2.75) is 19.3 Å². The van der Waals surface area contributed by atoms with Gasteiger partial charge in [0.15, 0.2) is 0 Å². The van der Waals surface area contributed by atoms with Gasteiger partial charge in [-0.2, -0.15) is 0 Å². The molecule has 0 bridgehead atoms. The zero-order chi connectivity index (χ0) is 16.6. The molecule has 1 heterocycles. The van der Waals surface area contributed by atoms with Gasteiger partial charge in [0.2, 0.25) is 11.9 Å². The molecule has 124 valence electrons. The van der Waals surface area contributed by atoms with E-state index in [1.165, 1.54) is 5.56 Å². The molecule has 0 unspecified atom stereocenters. The Kier molecular flexibility index (Phi) is 5.58. The molecule has 0 radical (unpaired) electrons. The van der Waals surface area contributed by atoms with Crippen LogP contribution in [0.1, 0.15) is 18.4 Å². The first-order valence-corrected chi connectivity index (χ1v) is 8.17. The van der Waals surface area contributed by atoms with Gasteiger partial charge in [0.25, 0.3) is 0 Å². The molecule has 24 heavy (non-hydrogen) atoms. The normalized spacial score (nSPS) is 10.8. The second kappa shape index (κ2) is 8.26. The lowest BCUT2D eigenvalue weighted by molar-refractivity contribution is -0.116. The second-order valence-electron chi connectivity index (χ2n) is 5.60. The van der Waals surface area contributed by atoms with E-state index < -0.39 is 0 Å². The number of para-hydroxylation sites is 2. The van der Waals surface area contributed by atoms with Crippen LogP contribution in [0.15, 0.2) is 54.6 Å². The van der Waals surface area contributed by atoms with Crippen molar-refractivity contribution in [1.82, 2.24) is 9.97 Å². The van der Waals surface area contributed by atoms with Gasteiger partial charge in [-0.3, -0.25) is 10.1 Å². The molecule has 0 saturated heterocycles. The van der Waals surface area contributed by atoms with Crippen molar-refractivity contribution in [3.63, 3.8) is 0 Å². The average molecular weight is 323 g/mol. The third-order valence-electron chi connectivity index (χ3n) is 3.72. The van der Waals surface area contributed by atoms with Gasteiger partial charge >= 0.3 is 0 Å². The van der Waals surface area contributed by atoms with E-state index in [-0.39, 0.29) is 5.91 Å². The Morgan fingerprint density at radius 3 is 2.67 bits per heavy atom. The summed E-state index contributed by atoms with van der Waals surface area (Å²) in [5, 5.41) is 2.79. The van der Waals surface area contributed by atoms with Gasteiger partial charge in [0.1, 0.15) is 0 Å². The quantitative estimate of drug-likeness (QED) is 0.623. The fourth-order valence-corrected chi connectivity index (χ4v) is 2.48. The molecule has 0 atom stereocenters. The summed E-state index contributed by atoms with van der Waals surface area (Å²) in [6, 6.07) is 17.9. The van der Waals surface area contributed by atoms with Crippen molar-refractivity contribution in [3.05, 3.63) is 60.2 Å². The molecule has 1 amide bonds. The lowest BCUT2D eigenvalue weighted by Crippen LogP contribution is -2.13. The predicted molar refractivity (Wildman–Crippen MR) is 94.9 cm³/mol. The number of hydrogen-bond donors (Lipinski definition) is 2. The number of anilines is 1. The van der Waals surface area contributed by atoms with Crippen molar-refractivity contribution in [2.75, 3.05) is 18.5 Å². The average Bonchev–Trinajstić information content (AvgIpc) is 3.01. The van der Waals surface area contributed by atoms with Crippen LogP contribution in [-0.4, -0.2) is 29.1 Å². The second-order valence-corrected chi connectivity index (χ2v) is 5.60. The van der Waals surface area contributed by atoms with Crippen molar-refractivity contribution < 1.29 is 9.53 Å². The highest BCUT2D eigenvalue weighted by atomic mass is 16.5. The number of carbonyl (C=O) groups is 1. The molecule has 5 heteroatoms. The van der Waals surface area contributed by atoms with Crippen molar-refractivity contribution in [1.29, 1.82) is 0 Å². The minimum atomic E-state index is -0.0549. The molecular formula is C19H21N3O2. The van der Waals surface area contributed by atoms with Crippen LogP contribution in [-0.2, 0) is 16.0 Å². The SMILES string of the molecule is O=C(CCCOCCc1ccccc1)Nc1nc2ccccc2[nH]1. The standard InChI is InChI=1S/C19H21N3O2/c23-18(22-19-20-16-9-4-5-10-17(16)21-19)11-6-13-24-14-12-15-7-2-1-3-8-15/h1-5,7-10H,6,11-14H2,(H2,20,21,22,23). The number of nitrogens with one attached hydrogen (secondary N) is 2. The Hall–Kier alpha value is -2.66. The number of ether oxygens (including phenoxy) is 1. The van der Waals surface area contributed by atoms with Crippen LogP contribution >= 0.6 is 0 Å². The van der Waals surface area contributed by atoms with Gasteiger partial charge in [0, 0.05) is 13.0 Å². The number of imidazole rings is 1. The Morgan fingerprint density at radius 2 is 1.83 bits per heavy atom. The molecule has 3 rings (SSSR count). The van der Waals surface area contributed by atoms with Gasteiger partial charge < -0.3 is 9.72 Å². The van der Waals surface area contributed by atoms with Crippen LogP contribution in [0.3, 0.4) is 0 Å². The molecule has 0 saturated carbocycles. The summed E-state index contributed by atoms with van der Waals surface area (Å²) in [5.74, 6) is 0.437. The molecule has 0 aliphatic rings. The molecule has 0 spiro atoms. The number of hydrogen-bond acceptors (Lipinski definition) is 3. The highest BCUT2D eigenvalue weighted by molar-refractivity contribution is 5.90. The first kappa shape index (κ1) is 16.2. The maximum atomic E-state index is 11.9. The van der Waals surface area contributed by atoms with E-state index in [0.717, 1.165) is 17.5 Å². The van der Waals surface area contributed by atoms with Gasteiger partial charge in [0.05, 0.1) is 17.6 Å². The third-order valence-corrected chi connectivity index (χ3v) is 3.72. The number of aromatic nitrogens is 2. The molecule has 2 aromatic carbocycles. The largest absolute Gasteiger partial charge is 0.381 e. The number of fused-ring (bicyclic) bond motifs is 1. The van der Waals surface area contributed by atoms with Gasteiger partial charge in [-0.15, -0.1) is 0 Å². The molecule has 3 aromatic rings. The van der Waals surface area contributed by atoms with Crippen LogP contribution in [0, 0.1) is 0 Å². The highest BCUT2D eigenvalue weighted by Crippen LogP contribution is 2.13. The molecule has 1 aromatic heterocycles. The van der Waals surface area contributed by atoms with Crippen LogP contribution in [0.2, 0.25) is 0 Å². The summed E-state index contributed by atoms with van der Waals surface area (Å²) in [6.07, 6.45) is 2.01. The summed E-state index contributed by atoms with van der Waals surface area (Å²) >= 11 is 0. The molecule has 0 fully saturated rings. The van der Waals surface area contributed by atoms with E-state index >= 15 is 0 Å². The van der Waals surface area contributed by atoms with E-state index in [2.05, 4.69) is 27.4 Å². The Labute approximate surface area is 141 Å². The van der Waals surface area contributed by atoms with E-state index in [9.17, 15) is 4.79 Å². The lowest BCUT2D eigenvalue weighted by Gasteiger charge is -2.05. The molecule has 5 nitrogen and oxygen atoms in total. The lowest BCUT2D eigenvalue weighted by atomic mass is 10.2. The number of carbonyl (C=O) groups excluding carboxylic acids is 1. The van der Waals surface area contributed by atoms with Gasteiger partial charge in [-0.05, 0) is 30.5 Å². The maximum absolute atomic E-state index is 11.9. The minimum absolute atomic E-state index is 0.0549. The highest BCUT2D eigenvalue weighted by Gasteiger charge is 2.06. The fourth-order valence-electron chi connectivity index (χ4n) is 2.48. The Bertz CT molecular complexity index is 750. The number of rotatable bonds is 8. The number of benzene rings is 2. The number of amides is 1. The minimum Gasteiger partial charge on any atom is -0.381 e. The maximum Gasteiger partial charge on any atom is 0.226 e. The van der Waals surface area contributed by atoms with E-state index in [1.807, 2.05) is 42.5 Å². The zero-order valence-corrected chi connectivity index (χ0v) is 13.5. The van der Waals surface area contributed by atoms with Crippen LogP contribution in [0.25, 0.3) is 11.0 Å². The first-order valence-electron chi connectivity index (χ1n) is 8.17. The number of aromatic amines is 1. The summed E-state index contributed by atoms with van der Waals surface area (Å²) < 4.78 is 5.58. The third kappa shape index (κ3) is 4.67. The predicted octanol–water partition coefficient (Wildman–Crippen LogP) is 3.54. The number of nitrogens with zero attached hydrogens (tertiary/aromatic N) is 1. The van der Waals surface area contributed by atoms with Gasteiger partial charge in [-0.25, -0.2) is 4.98 Å². The van der Waals surface area contributed by atoms with E-state index in [1.54, 1.807) is 0 Å². The first-order chi connectivity index (χ1) is 11.8. The monoisotopic (exact) mass is 323 g/mol. The summed E-state index contributed by atoms with van der Waals surface area (Å²) in [6.45, 7) is 1.26. The molecule has 2 N–H and O–H groups in total. The molecule has 0 aliphatic heterocycles. The van der Waals surface area contributed by atoms with Gasteiger partial charge in [-0.1, -0.05) is 42.5 Å². The Morgan fingerprint density at radius 1 is 1.04 bits per heavy atom. The Balaban J connectivity index is 1.32. The summed E-state index contributed by atoms with van der Waals surface area (Å²) in [7, 11) is 0. The summed E-state index contributed by atoms with van der Waals surface area (Å²) in [4.78, 5) is 19.3. The van der Waals surface area contributed by atoms with Crippen molar-refractivity contribution in [3.8, 4) is 0 Å². The van der Waals surface area contributed by atoms with Crippen LogP contribution < -0.4 is 5.32 Å². The topological polar surface area (TPSA) is 67.0 Å². The summed E-state index contributed by atoms with van der Waals surface area (Å²) in [5.41, 5.74) is 3.02. The molecule has 0 aliphatic carbocycles. The molecular weight excluding hydrogens is 302 g/mol. The van der Waals surface area contributed by atoms with Crippen molar-refractivity contribution in [2.24, 2.45) is 0 Å². The smallest absolute Gasteiger partial charge is 0.226 e. The van der Waals surface area contributed by atoms with E-state index in [4.69, 9.17) is 4.74 Å². The number of H-pyrrole nitrogens is 1. The van der Waals surface area contributed by atoms with Crippen molar-refractivity contribution >= 4 is 22.9 Å². The van der Waals surface area contributed by atoms with E-state index in [0.29, 0.717) is 32.0 Å². The van der Waals surface area contributed by atoms with Crippen LogP contribution in [0.4, 0.5) is 5.95 Å². The van der Waals surface area contributed by atoms with Crippen LogP contribution in [0.5, 0.6) is 0 Å².